The molecule has 0 aliphatic heterocycles. The molecule has 0 aromatic carbocycles. The number of rotatable bonds is 10. The molecule has 2 aromatic rings. The zero-order chi connectivity index (χ0) is 20.8. The third kappa shape index (κ3) is 5.89. The van der Waals surface area contributed by atoms with Crippen LogP contribution in [0.4, 0.5) is 16.0 Å². The molecule has 30 heavy (non-hydrogen) atoms. The van der Waals surface area contributed by atoms with Gasteiger partial charge in [-0.3, -0.25) is 0 Å². The Bertz CT molecular complexity index is 821. The molecule has 0 bridgehead atoms. The lowest BCUT2D eigenvalue weighted by molar-refractivity contribution is 0.191. The van der Waals surface area contributed by atoms with Crippen molar-refractivity contribution in [1.82, 2.24) is 15.3 Å². The lowest BCUT2D eigenvalue weighted by Crippen LogP contribution is -2.38. The molecule has 2 fully saturated rings. The van der Waals surface area contributed by atoms with E-state index in [-0.39, 0.29) is 5.82 Å². The smallest absolute Gasteiger partial charge is 0.149 e. The number of nitrogens with zero attached hydrogens (tertiary/aromatic N) is 2. The fourth-order valence-electron chi connectivity index (χ4n) is 4.02. The number of ether oxygens (including phenoxy) is 1. The van der Waals surface area contributed by atoms with E-state index in [1.165, 1.54) is 19.0 Å². The van der Waals surface area contributed by atoms with Gasteiger partial charge < -0.3 is 20.7 Å². The molecule has 2 heterocycles. The molecule has 2 aliphatic carbocycles. The first kappa shape index (κ1) is 21.0. The molecule has 0 saturated heterocycles. The van der Waals surface area contributed by atoms with Crippen LogP contribution in [0.2, 0.25) is 0 Å². The van der Waals surface area contributed by atoms with Crippen LogP contribution in [-0.4, -0.2) is 48.9 Å². The molecule has 2 aliphatic rings. The Labute approximate surface area is 178 Å². The van der Waals surface area contributed by atoms with Crippen molar-refractivity contribution in [3.05, 3.63) is 36.4 Å². The SMILES string of the molecule is COCCNC1CCC(Nc2cc(-c3ccnc(NCC4CC4)c3)c(F)cn2)CC1. The number of hydrogen-bond donors (Lipinski definition) is 3. The van der Waals surface area contributed by atoms with Crippen molar-refractivity contribution in [2.75, 3.05) is 37.4 Å². The second-order valence-electron chi connectivity index (χ2n) is 8.44. The van der Waals surface area contributed by atoms with Crippen molar-refractivity contribution in [3.63, 3.8) is 0 Å². The lowest BCUT2D eigenvalue weighted by atomic mass is 9.91. The molecule has 0 spiro atoms. The largest absolute Gasteiger partial charge is 0.383 e. The lowest BCUT2D eigenvalue weighted by Gasteiger charge is -2.30. The number of halogens is 1. The summed E-state index contributed by atoms with van der Waals surface area (Å²) in [5.74, 6) is 1.97. The summed E-state index contributed by atoms with van der Waals surface area (Å²) in [4.78, 5) is 8.64. The molecule has 2 aromatic heterocycles. The van der Waals surface area contributed by atoms with Gasteiger partial charge in [0.25, 0.3) is 0 Å². The minimum Gasteiger partial charge on any atom is -0.383 e. The molecule has 7 heteroatoms. The van der Waals surface area contributed by atoms with Crippen LogP contribution in [0.15, 0.2) is 30.6 Å². The average Bonchev–Trinajstić information content (AvgIpc) is 3.60. The van der Waals surface area contributed by atoms with Gasteiger partial charge in [0.1, 0.15) is 17.5 Å². The van der Waals surface area contributed by atoms with E-state index >= 15 is 0 Å². The minimum absolute atomic E-state index is 0.314. The van der Waals surface area contributed by atoms with Crippen LogP contribution in [0.3, 0.4) is 0 Å². The first-order valence-corrected chi connectivity index (χ1v) is 11.1. The summed E-state index contributed by atoms with van der Waals surface area (Å²) < 4.78 is 19.6. The molecule has 3 N–H and O–H groups in total. The molecular formula is C23H32FN5O. The Hall–Kier alpha value is -2.25. The highest BCUT2D eigenvalue weighted by Gasteiger charge is 2.22. The third-order valence-electron chi connectivity index (χ3n) is 6.01. The van der Waals surface area contributed by atoms with Gasteiger partial charge in [0.05, 0.1) is 12.8 Å². The monoisotopic (exact) mass is 413 g/mol. The predicted octanol–water partition coefficient (Wildman–Crippen LogP) is 4.06. The van der Waals surface area contributed by atoms with Crippen LogP contribution < -0.4 is 16.0 Å². The van der Waals surface area contributed by atoms with Gasteiger partial charge in [-0.25, -0.2) is 14.4 Å². The van der Waals surface area contributed by atoms with Crippen molar-refractivity contribution in [2.45, 2.75) is 50.6 Å². The van der Waals surface area contributed by atoms with Crippen molar-refractivity contribution < 1.29 is 9.13 Å². The Balaban J connectivity index is 1.36. The van der Waals surface area contributed by atoms with E-state index in [1.807, 2.05) is 18.2 Å². The standard InChI is InChI=1S/C23H32FN5O/c1-30-11-10-25-18-4-6-19(7-5-18)29-23-13-20(21(24)15-28-23)17-8-9-26-22(12-17)27-14-16-2-3-16/h8-9,12-13,15-16,18-19,25H,2-7,10-11,14H2,1H3,(H,26,27)(H,28,29). The quantitative estimate of drug-likeness (QED) is 0.510. The average molecular weight is 414 g/mol. The van der Waals surface area contributed by atoms with Crippen molar-refractivity contribution in [3.8, 4) is 11.1 Å². The second-order valence-corrected chi connectivity index (χ2v) is 8.44. The van der Waals surface area contributed by atoms with Gasteiger partial charge in [-0.15, -0.1) is 0 Å². The maximum Gasteiger partial charge on any atom is 0.149 e. The normalized spacial score (nSPS) is 21.4. The molecule has 4 rings (SSSR count). The van der Waals surface area contributed by atoms with E-state index < -0.39 is 0 Å². The van der Waals surface area contributed by atoms with E-state index in [2.05, 4.69) is 25.9 Å². The zero-order valence-corrected chi connectivity index (χ0v) is 17.7. The number of anilines is 2. The van der Waals surface area contributed by atoms with E-state index in [0.717, 1.165) is 68.5 Å². The van der Waals surface area contributed by atoms with Gasteiger partial charge in [-0.1, -0.05) is 0 Å². The summed E-state index contributed by atoms with van der Waals surface area (Å²) >= 11 is 0. The number of pyridine rings is 2. The molecule has 0 unspecified atom stereocenters. The topological polar surface area (TPSA) is 71.1 Å². The number of methoxy groups -OCH3 is 1. The highest BCUT2D eigenvalue weighted by molar-refractivity contribution is 5.69. The van der Waals surface area contributed by atoms with E-state index in [1.54, 1.807) is 13.3 Å². The molecule has 0 amide bonds. The molecule has 0 radical (unpaired) electrons. The Morgan fingerprint density at radius 1 is 1.03 bits per heavy atom. The van der Waals surface area contributed by atoms with Crippen LogP contribution >= 0.6 is 0 Å². The fourth-order valence-corrected chi connectivity index (χ4v) is 4.02. The summed E-state index contributed by atoms with van der Waals surface area (Å²) in [6.45, 7) is 2.57. The number of aromatic nitrogens is 2. The maximum absolute atomic E-state index is 14.5. The van der Waals surface area contributed by atoms with Crippen molar-refractivity contribution in [2.24, 2.45) is 5.92 Å². The summed E-state index contributed by atoms with van der Waals surface area (Å²) in [7, 11) is 1.73. The zero-order valence-electron chi connectivity index (χ0n) is 17.7. The van der Waals surface area contributed by atoms with E-state index in [4.69, 9.17) is 4.74 Å². The Kier molecular flexibility index (Phi) is 7.12. The Morgan fingerprint density at radius 3 is 2.60 bits per heavy atom. The van der Waals surface area contributed by atoms with Gasteiger partial charge >= 0.3 is 0 Å². The third-order valence-corrected chi connectivity index (χ3v) is 6.01. The maximum atomic E-state index is 14.5. The highest BCUT2D eigenvalue weighted by Crippen LogP contribution is 2.30. The number of hydrogen-bond acceptors (Lipinski definition) is 6. The first-order valence-electron chi connectivity index (χ1n) is 11.1. The molecule has 2 saturated carbocycles. The first-order chi connectivity index (χ1) is 14.7. The molecular weight excluding hydrogens is 381 g/mol. The van der Waals surface area contributed by atoms with Crippen LogP contribution in [-0.2, 0) is 4.74 Å². The van der Waals surface area contributed by atoms with Crippen molar-refractivity contribution >= 4 is 11.6 Å². The predicted molar refractivity (Wildman–Crippen MR) is 118 cm³/mol. The van der Waals surface area contributed by atoms with Crippen LogP contribution in [0.1, 0.15) is 38.5 Å². The van der Waals surface area contributed by atoms with Crippen LogP contribution in [0, 0.1) is 11.7 Å². The highest BCUT2D eigenvalue weighted by atomic mass is 19.1. The summed E-state index contributed by atoms with van der Waals surface area (Å²) in [6, 6.07) is 6.50. The van der Waals surface area contributed by atoms with Crippen LogP contribution in [0.25, 0.3) is 11.1 Å². The van der Waals surface area contributed by atoms with E-state index in [0.29, 0.717) is 17.6 Å². The minimum atomic E-state index is -0.314. The van der Waals surface area contributed by atoms with E-state index in [9.17, 15) is 4.39 Å². The van der Waals surface area contributed by atoms with Gasteiger partial charge in [0.15, 0.2) is 0 Å². The Morgan fingerprint density at radius 2 is 1.83 bits per heavy atom. The van der Waals surface area contributed by atoms with Gasteiger partial charge in [0, 0.05) is 44.0 Å². The van der Waals surface area contributed by atoms with Crippen molar-refractivity contribution in [1.29, 1.82) is 0 Å². The summed E-state index contributed by atoms with van der Waals surface area (Å²) in [5.41, 5.74) is 1.37. The fraction of sp³-hybridized carbons (Fsp3) is 0.565. The van der Waals surface area contributed by atoms with Gasteiger partial charge in [-0.2, -0.15) is 0 Å². The number of nitrogens with one attached hydrogen (secondary N) is 3. The van der Waals surface area contributed by atoms with Gasteiger partial charge in [-0.05, 0) is 68.2 Å². The molecule has 6 nitrogen and oxygen atoms in total. The summed E-state index contributed by atoms with van der Waals surface area (Å²) in [6.07, 6.45) is 10.00. The second kappa shape index (κ2) is 10.2. The van der Waals surface area contributed by atoms with Crippen LogP contribution in [0.5, 0.6) is 0 Å². The van der Waals surface area contributed by atoms with Gasteiger partial charge in [0.2, 0.25) is 0 Å². The molecule has 0 atom stereocenters. The summed E-state index contributed by atoms with van der Waals surface area (Å²) in [5, 5.41) is 10.4. The molecule has 162 valence electrons.